The number of benzene rings is 1. The van der Waals surface area contributed by atoms with Gasteiger partial charge in [-0.05, 0) is 35.7 Å². The molecule has 1 aromatic rings. The van der Waals surface area contributed by atoms with Gasteiger partial charge in [0.05, 0.1) is 6.04 Å². The summed E-state index contributed by atoms with van der Waals surface area (Å²) in [6.45, 7) is 11.1. The van der Waals surface area contributed by atoms with Crippen LogP contribution in [0, 0.1) is 17.3 Å². The molecule has 0 aliphatic carbocycles. The molecule has 1 aromatic carbocycles. The van der Waals surface area contributed by atoms with Crippen LogP contribution in [0.5, 0.6) is 0 Å². The lowest BCUT2D eigenvalue weighted by molar-refractivity contribution is -0.112. The lowest BCUT2D eigenvalue weighted by Gasteiger charge is -2.26. The van der Waals surface area contributed by atoms with Crippen molar-refractivity contribution in [3.8, 4) is 0 Å². The molecule has 0 saturated carbocycles. The number of rotatable bonds is 5. The molecule has 1 aliphatic heterocycles. The number of likely N-dealkylation sites (tertiary alicyclic amines) is 1. The lowest BCUT2D eigenvalue weighted by Crippen LogP contribution is -2.34. The zero-order valence-electron chi connectivity index (χ0n) is 13.9. The van der Waals surface area contributed by atoms with Crippen molar-refractivity contribution < 1.29 is 4.79 Å². The van der Waals surface area contributed by atoms with Crippen LogP contribution in [0.3, 0.4) is 0 Å². The third-order valence-electron chi connectivity index (χ3n) is 4.71. The first-order chi connectivity index (χ1) is 9.90. The van der Waals surface area contributed by atoms with Crippen LogP contribution in [-0.4, -0.2) is 23.8 Å². The summed E-state index contributed by atoms with van der Waals surface area (Å²) in [6, 6.07) is 10.6. The SMILES string of the molecule is CC1CN(Cc2ccccc2)C(C=O)C1CCC(C)(C)C. The van der Waals surface area contributed by atoms with Crippen molar-refractivity contribution in [2.75, 3.05) is 6.54 Å². The molecule has 1 saturated heterocycles. The van der Waals surface area contributed by atoms with Gasteiger partial charge in [-0.25, -0.2) is 0 Å². The van der Waals surface area contributed by atoms with Crippen molar-refractivity contribution in [3.05, 3.63) is 35.9 Å². The molecule has 0 amide bonds. The summed E-state index contributed by atoms with van der Waals surface area (Å²) >= 11 is 0. The van der Waals surface area contributed by atoms with Gasteiger partial charge in [0, 0.05) is 13.1 Å². The average molecular weight is 287 g/mol. The normalized spacial score (nSPS) is 27.0. The second kappa shape index (κ2) is 6.74. The number of hydrogen-bond acceptors (Lipinski definition) is 2. The minimum absolute atomic E-state index is 0.0857. The number of nitrogens with zero attached hydrogens (tertiary/aromatic N) is 1. The Kier molecular flexibility index (Phi) is 5.21. The van der Waals surface area contributed by atoms with Crippen LogP contribution >= 0.6 is 0 Å². The molecule has 1 aliphatic rings. The first-order valence-corrected chi connectivity index (χ1v) is 8.14. The molecule has 21 heavy (non-hydrogen) atoms. The van der Waals surface area contributed by atoms with Crippen molar-refractivity contribution in [1.29, 1.82) is 0 Å². The van der Waals surface area contributed by atoms with Crippen LogP contribution < -0.4 is 0 Å². The van der Waals surface area contributed by atoms with E-state index in [1.54, 1.807) is 0 Å². The molecule has 0 radical (unpaired) electrons. The summed E-state index contributed by atoms with van der Waals surface area (Å²) in [7, 11) is 0. The highest BCUT2D eigenvalue weighted by Gasteiger charge is 2.39. The van der Waals surface area contributed by atoms with Gasteiger partial charge in [-0.15, -0.1) is 0 Å². The summed E-state index contributed by atoms with van der Waals surface area (Å²) in [5.74, 6) is 1.11. The number of aldehydes is 1. The maximum absolute atomic E-state index is 11.6. The van der Waals surface area contributed by atoms with E-state index in [-0.39, 0.29) is 6.04 Å². The van der Waals surface area contributed by atoms with Gasteiger partial charge in [-0.3, -0.25) is 4.90 Å². The molecular weight excluding hydrogens is 258 g/mol. The number of carbonyl (C=O) groups is 1. The van der Waals surface area contributed by atoms with E-state index in [1.807, 2.05) is 6.07 Å². The fourth-order valence-electron chi connectivity index (χ4n) is 3.46. The molecule has 2 nitrogen and oxygen atoms in total. The van der Waals surface area contributed by atoms with Gasteiger partial charge in [-0.2, -0.15) is 0 Å². The van der Waals surface area contributed by atoms with E-state index in [0.29, 0.717) is 17.3 Å². The molecule has 0 spiro atoms. The molecule has 0 aromatic heterocycles. The molecule has 2 rings (SSSR count). The second-order valence-electron chi connectivity index (χ2n) is 7.78. The van der Waals surface area contributed by atoms with Crippen molar-refractivity contribution in [2.24, 2.45) is 17.3 Å². The highest BCUT2D eigenvalue weighted by atomic mass is 16.1. The zero-order valence-corrected chi connectivity index (χ0v) is 13.9. The van der Waals surface area contributed by atoms with Crippen LogP contribution in [0.15, 0.2) is 30.3 Å². The van der Waals surface area contributed by atoms with E-state index in [1.165, 1.54) is 18.3 Å². The molecule has 0 bridgehead atoms. The first-order valence-electron chi connectivity index (χ1n) is 8.14. The quantitative estimate of drug-likeness (QED) is 0.758. The molecule has 116 valence electrons. The third kappa shape index (κ3) is 4.41. The predicted molar refractivity (Wildman–Crippen MR) is 88.0 cm³/mol. The van der Waals surface area contributed by atoms with Crippen molar-refractivity contribution >= 4 is 6.29 Å². The summed E-state index contributed by atoms with van der Waals surface area (Å²) in [4.78, 5) is 14.0. The highest BCUT2D eigenvalue weighted by molar-refractivity contribution is 5.59. The Bertz CT molecular complexity index is 448. The molecule has 2 heteroatoms. The van der Waals surface area contributed by atoms with Gasteiger partial charge in [0.2, 0.25) is 0 Å². The fourth-order valence-corrected chi connectivity index (χ4v) is 3.46. The Morgan fingerprint density at radius 2 is 1.90 bits per heavy atom. The summed E-state index contributed by atoms with van der Waals surface area (Å²) in [6.07, 6.45) is 3.52. The van der Waals surface area contributed by atoms with E-state index in [4.69, 9.17) is 0 Å². The largest absolute Gasteiger partial charge is 0.302 e. The third-order valence-corrected chi connectivity index (χ3v) is 4.71. The van der Waals surface area contributed by atoms with Crippen LogP contribution in [0.2, 0.25) is 0 Å². The van der Waals surface area contributed by atoms with Crippen molar-refractivity contribution in [2.45, 2.75) is 53.1 Å². The Balaban J connectivity index is 2.02. The van der Waals surface area contributed by atoms with Gasteiger partial charge < -0.3 is 4.79 Å². The van der Waals surface area contributed by atoms with E-state index < -0.39 is 0 Å². The Hall–Kier alpha value is -1.15. The van der Waals surface area contributed by atoms with Crippen LogP contribution in [0.1, 0.15) is 46.1 Å². The number of carbonyl (C=O) groups excluding carboxylic acids is 1. The monoisotopic (exact) mass is 287 g/mol. The molecule has 1 heterocycles. The van der Waals surface area contributed by atoms with Crippen LogP contribution in [0.4, 0.5) is 0 Å². The molecule has 3 atom stereocenters. The first kappa shape index (κ1) is 16.2. The molecule has 0 N–H and O–H groups in total. The minimum Gasteiger partial charge on any atom is -0.302 e. The fraction of sp³-hybridized carbons (Fsp3) is 0.632. The predicted octanol–water partition coefficient (Wildman–Crippen LogP) is 4.15. The van der Waals surface area contributed by atoms with E-state index in [9.17, 15) is 4.79 Å². The Labute approximate surface area is 129 Å². The van der Waals surface area contributed by atoms with E-state index in [0.717, 1.165) is 19.5 Å². The lowest BCUT2D eigenvalue weighted by atomic mass is 9.81. The van der Waals surface area contributed by atoms with Crippen LogP contribution in [-0.2, 0) is 11.3 Å². The smallest absolute Gasteiger partial charge is 0.137 e. The second-order valence-corrected chi connectivity index (χ2v) is 7.78. The molecule has 3 unspecified atom stereocenters. The van der Waals surface area contributed by atoms with Crippen LogP contribution in [0.25, 0.3) is 0 Å². The summed E-state index contributed by atoms with van der Waals surface area (Å²) in [5, 5.41) is 0. The zero-order chi connectivity index (χ0) is 15.5. The minimum atomic E-state index is 0.0857. The maximum Gasteiger partial charge on any atom is 0.137 e. The number of hydrogen-bond donors (Lipinski definition) is 0. The average Bonchev–Trinajstić information content (AvgIpc) is 2.72. The Morgan fingerprint density at radius 1 is 1.24 bits per heavy atom. The van der Waals surface area contributed by atoms with Gasteiger partial charge in [0.25, 0.3) is 0 Å². The summed E-state index contributed by atoms with van der Waals surface area (Å²) in [5.41, 5.74) is 1.65. The standard InChI is InChI=1S/C19H29NO/c1-15-12-20(13-16-8-6-5-7-9-16)18(14-21)17(15)10-11-19(2,3)4/h5-9,14-15,17-18H,10-13H2,1-4H3. The maximum atomic E-state index is 11.6. The van der Waals surface area contributed by atoms with Crippen molar-refractivity contribution in [1.82, 2.24) is 4.90 Å². The molecular formula is C19H29NO. The van der Waals surface area contributed by atoms with E-state index in [2.05, 4.69) is 56.9 Å². The van der Waals surface area contributed by atoms with Gasteiger partial charge in [-0.1, -0.05) is 58.0 Å². The highest BCUT2D eigenvalue weighted by Crippen LogP contribution is 2.36. The topological polar surface area (TPSA) is 20.3 Å². The van der Waals surface area contributed by atoms with E-state index >= 15 is 0 Å². The Morgan fingerprint density at radius 3 is 2.48 bits per heavy atom. The van der Waals surface area contributed by atoms with Gasteiger partial charge in [0.15, 0.2) is 0 Å². The molecule has 1 fully saturated rings. The summed E-state index contributed by atoms with van der Waals surface area (Å²) < 4.78 is 0. The van der Waals surface area contributed by atoms with Gasteiger partial charge in [0.1, 0.15) is 6.29 Å². The van der Waals surface area contributed by atoms with Crippen molar-refractivity contribution in [3.63, 3.8) is 0 Å². The van der Waals surface area contributed by atoms with Gasteiger partial charge >= 0.3 is 0 Å².